The number of amides is 1. The van der Waals surface area contributed by atoms with Gasteiger partial charge in [0.2, 0.25) is 10.0 Å². The van der Waals surface area contributed by atoms with Crippen molar-refractivity contribution in [1.82, 2.24) is 29.4 Å². The van der Waals surface area contributed by atoms with E-state index in [2.05, 4.69) is 15.5 Å². The zero-order valence-electron chi connectivity index (χ0n) is 15.2. The van der Waals surface area contributed by atoms with Crippen LogP contribution in [0.2, 0.25) is 5.02 Å². The predicted octanol–water partition coefficient (Wildman–Crippen LogP) is 1.46. The minimum absolute atomic E-state index is 0.163. The highest BCUT2D eigenvalue weighted by Gasteiger charge is 2.30. The van der Waals surface area contributed by atoms with E-state index in [4.69, 9.17) is 11.6 Å². The Balaban J connectivity index is 1.45. The Morgan fingerprint density at radius 2 is 1.72 bits per heavy atom. The number of carbonyl (C=O) groups is 1. The molecule has 0 spiro atoms. The molecule has 2 heterocycles. The largest absolute Gasteiger partial charge is 0.336 e. The summed E-state index contributed by atoms with van der Waals surface area (Å²) in [7, 11) is -3.62. The maximum Gasteiger partial charge on any atom is 0.254 e. The second-order valence-electron chi connectivity index (χ2n) is 6.45. The Labute approximate surface area is 172 Å². The fraction of sp³-hybridized carbons (Fsp3) is 0.222. The van der Waals surface area contributed by atoms with Crippen LogP contribution < -0.4 is 0 Å². The number of benzene rings is 2. The molecule has 4 rings (SSSR count). The van der Waals surface area contributed by atoms with Crippen molar-refractivity contribution in [1.29, 1.82) is 0 Å². The van der Waals surface area contributed by atoms with Crippen molar-refractivity contribution in [3.05, 3.63) is 65.4 Å². The molecule has 0 saturated carbocycles. The van der Waals surface area contributed by atoms with E-state index in [9.17, 15) is 13.2 Å². The maximum absolute atomic E-state index is 12.9. The highest BCUT2D eigenvalue weighted by molar-refractivity contribution is 7.89. The predicted molar refractivity (Wildman–Crippen MR) is 105 cm³/mol. The van der Waals surface area contributed by atoms with Crippen molar-refractivity contribution in [3.8, 4) is 5.69 Å². The highest BCUT2D eigenvalue weighted by Crippen LogP contribution is 2.21. The van der Waals surface area contributed by atoms with Crippen molar-refractivity contribution < 1.29 is 13.2 Å². The van der Waals surface area contributed by atoms with E-state index >= 15 is 0 Å². The van der Waals surface area contributed by atoms with Gasteiger partial charge >= 0.3 is 0 Å². The lowest BCUT2D eigenvalue weighted by Crippen LogP contribution is -2.50. The average molecular weight is 433 g/mol. The summed E-state index contributed by atoms with van der Waals surface area (Å²) in [5, 5.41) is 11.5. The number of piperazine rings is 1. The number of aromatic nitrogens is 4. The van der Waals surface area contributed by atoms with Crippen molar-refractivity contribution in [3.63, 3.8) is 0 Å². The summed E-state index contributed by atoms with van der Waals surface area (Å²) in [4.78, 5) is 14.7. The number of nitrogens with zero attached hydrogens (tertiary/aromatic N) is 6. The van der Waals surface area contributed by atoms with E-state index < -0.39 is 10.0 Å². The molecule has 1 saturated heterocycles. The fourth-order valence-corrected chi connectivity index (χ4v) is 4.68. The zero-order valence-corrected chi connectivity index (χ0v) is 16.8. The number of sulfonamides is 1. The second kappa shape index (κ2) is 7.90. The van der Waals surface area contributed by atoms with Crippen molar-refractivity contribution in [2.45, 2.75) is 4.90 Å². The molecule has 1 aliphatic heterocycles. The summed E-state index contributed by atoms with van der Waals surface area (Å²) in [5.41, 5.74) is 1.16. The highest BCUT2D eigenvalue weighted by atomic mass is 35.5. The van der Waals surface area contributed by atoms with Gasteiger partial charge in [-0.2, -0.15) is 4.31 Å². The molecule has 29 heavy (non-hydrogen) atoms. The molecule has 1 fully saturated rings. The van der Waals surface area contributed by atoms with Gasteiger partial charge in [0, 0.05) is 36.8 Å². The monoisotopic (exact) mass is 432 g/mol. The summed E-state index contributed by atoms with van der Waals surface area (Å²) in [6, 6.07) is 13.0. The molecule has 1 amide bonds. The first-order chi connectivity index (χ1) is 13.9. The van der Waals surface area contributed by atoms with E-state index in [1.807, 2.05) is 0 Å². The van der Waals surface area contributed by atoms with Gasteiger partial charge in [0.25, 0.3) is 5.91 Å². The number of carbonyl (C=O) groups excluding carboxylic acids is 1. The van der Waals surface area contributed by atoms with Crippen LogP contribution in [0.1, 0.15) is 10.4 Å². The molecule has 0 bridgehead atoms. The van der Waals surface area contributed by atoms with Gasteiger partial charge < -0.3 is 4.90 Å². The van der Waals surface area contributed by atoms with Crippen LogP contribution in [0.3, 0.4) is 0 Å². The summed E-state index contributed by atoms with van der Waals surface area (Å²) in [6.45, 7) is 1.06. The standard InChI is InChI=1S/C18H17ClN6O3S/c19-15-4-6-17(7-5-15)29(27,28)24-10-8-23(9-11-24)18(26)14-2-1-3-16(12-14)25-13-20-21-22-25/h1-7,12-13H,8-11H2. The molecule has 0 atom stereocenters. The summed E-state index contributed by atoms with van der Waals surface area (Å²) < 4.78 is 28.4. The molecule has 11 heteroatoms. The molecule has 3 aromatic rings. The topological polar surface area (TPSA) is 101 Å². The Morgan fingerprint density at radius 3 is 2.38 bits per heavy atom. The molecule has 0 N–H and O–H groups in total. The SMILES string of the molecule is O=C(c1cccc(-n2cnnn2)c1)N1CCN(S(=O)(=O)c2ccc(Cl)cc2)CC1. The van der Waals surface area contributed by atoms with Crippen LogP contribution in [-0.4, -0.2) is 69.9 Å². The number of hydrogen-bond donors (Lipinski definition) is 0. The van der Waals surface area contributed by atoms with Crippen molar-refractivity contribution in [2.24, 2.45) is 0 Å². The molecule has 0 aliphatic carbocycles. The lowest BCUT2D eigenvalue weighted by molar-refractivity contribution is 0.0698. The van der Waals surface area contributed by atoms with Crippen LogP contribution >= 0.6 is 11.6 Å². The van der Waals surface area contributed by atoms with E-state index in [1.165, 1.54) is 27.4 Å². The normalized spacial score (nSPS) is 15.4. The Bertz CT molecular complexity index is 1110. The van der Waals surface area contributed by atoms with Gasteiger partial charge in [0.1, 0.15) is 6.33 Å². The van der Waals surface area contributed by atoms with Crippen LogP contribution in [0.25, 0.3) is 5.69 Å². The summed E-state index contributed by atoms with van der Waals surface area (Å²) in [5.74, 6) is -0.163. The second-order valence-corrected chi connectivity index (χ2v) is 8.83. The summed E-state index contributed by atoms with van der Waals surface area (Å²) in [6.07, 6.45) is 1.45. The van der Waals surface area contributed by atoms with Gasteiger partial charge in [-0.15, -0.1) is 5.10 Å². The minimum atomic E-state index is -3.62. The van der Waals surface area contributed by atoms with E-state index in [-0.39, 0.29) is 23.9 Å². The maximum atomic E-state index is 12.9. The van der Waals surface area contributed by atoms with Crippen LogP contribution in [0.15, 0.2) is 59.8 Å². The third-order valence-electron chi connectivity index (χ3n) is 4.68. The molecule has 150 valence electrons. The van der Waals surface area contributed by atoms with E-state index in [0.29, 0.717) is 29.4 Å². The Kier molecular flexibility index (Phi) is 5.31. The first kappa shape index (κ1) is 19.5. The van der Waals surface area contributed by atoms with Gasteiger partial charge in [-0.05, 0) is 52.9 Å². The molecule has 1 aromatic heterocycles. The van der Waals surface area contributed by atoms with Crippen LogP contribution in [0.5, 0.6) is 0 Å². The quantitative estimate of drug-likeness (QED) is 0.618. The third kappa shape index (κ3) is 4.00. The van der Waals surface area contributed by atoms with Crippen LogP contribution in [-0.2, 0) is 10.0 Å². The van der Waals surface area contributed by atoms with Gasteiger partial charge in [0.15, 0.2) is 0 Å². The number of tetrazole rings is 1. The third-order valence-corrected chi connectivity index (χ3v) is 6.85. The smallest absolute Gasteiger partial charge is 0.254 e. The van der Waals surface area contributed by atoms with E-state index in [0.717, 1.165) is 0 Å². The van der Waals surface area contributed by atoms with Crippen LogP contribution in [0, 0.1) is 0 Å². The average Bonchev–Trinajstić information content (AvgIpc) is 3.29. The lowest BCUT2D eigenvalue weighted by atomic mass is 10.1. The van der Waals surface area contributed by atoms with E-state index in [1.54, 1.807) is 41.3 Å². The van der Waals surface area contributed by atoms with Gasteiger partial charge in [-0.1, -0.05) is 17.7 Å². The number of rotatable bonds is 4. The fourth-order valence-electron chi connectivity index (χ4n) is 3.13. The van der Waals surface area contributed by atoms with Crippen molar-refractivity contribution in [2.75, 3.05) is 26.2 Å². The van der Waals surface area contributed by atoms with Crippen LogP contribution in [0.4, 0.5) is 0 Å². The molecule has 1 aliphatic rings. The number of hydrogen-bond acceptors (Lipinski definition) is 6. The molecule has 0 radical (unpaired) electrons. The van der Waals surface area contributed by atoms with Gasteiger partial charge in [-0.3, -0.25) is 4.79 Å². The minimum Gasteiger partial charge on any atom is -0.336 e. The Morgan fingerprint density at radius 1 is 1.00 bits per heavy atom. The molecule has 2 aromatic carbocycles. The van der Waals surface area contributed by atoms with Gasteiger partial charge in [0.05, 0.1) is 10.6 Å². The summed E-state index contributed by atoms with van der Waals surface area (Å²) >= 11 is 5.84. The molecular weight excluding hydrogens is 416 g/mol. The lowest BCUT2D eigenvalue weighted by Gasteiger charge is -2.34. The van der Waals surface area contributed by atoms with Gasteiger partial charge in [-0.25, -0.2) is 13.1 Å². The molecular formula is C18H17ClN6O3S. The Hall–Kier alpha value is -2.82. The molecule has 0 unspecified atom stereocenters. The molecule has 9 nitrogen and oxygen atoms in total. The zero-order chi connectivity index (χ0) is 20.4. The first-order valence-electron chi connectivity index (χ1n) is 8.83. The van der Waals surface area contributed by atoms with Crippen molar-refractivity contribution >= 4 is 27.5 Å². The number of halogens is 1. The first-order valence-corrected chi connectivity index (χ1v) is 10.7.